The van der Waals surface area contributed by atoms with E-state index in [1.165, 1.54) is 13.2 Å². The third-order valence-electron chi connectivity index (χ3n) is 3.24. The van der Waals surface area contributed by atoms with E-state index >= 15 is 0 Å². The van der Waals surface area contributed by atoms with Crippen LogP contribution in [0.3, 0.4) is 0 Å². The molecule has 6 heteroatoms. The zero-order chi connectivity index (χ0) is 15.5. The molecule has 0 bridgehead atoms. The summed E-state index contributed by atoms with van der Waals surface area (Å²) >= 11 is 0. The Morgan fingerprint density at radius 3 is 2.86 bits per heavy atom. The third-order valence-corrected chi connectivity index (χ3v) is 3.24. The first kappa shape index (κ1) is 14.2. The molecule has 1 heterocycles. The average molecular weight is 300 g/mol. The first-order chi connectivity index (χ1) is 10.7. The van der Waals surface area contributed by atoms with Crippen molar-refractivity contribution in [3.63, 3.8) is 0 Å². The molecule has 3 rings (SSSR count). The van der Waals surface area contributed by atoms with E-state index in [4.69, 9.17) is 4.84 Å². The van der Waals surface area contributed by atoms with Gasteiger partial charge in [-0.15, -0.1) is 0 Å². The number of rotatable bonds is 3. The number of hydrogen-bond donors (Lipinski definition) is 1. The van der Waals surface area contributed by atoms with E-state index in [0.717, 1.165) is 0 Å². The van der Waals surface area contributed by atoms with E-state index < -0.39 is 12.2 Å². The smallest absolute Gasteiger partial charge is 0.337 e. The van der Waals surface area contributed by atoms with Gasteiger partial charge in [0.05, 0.1) is 12.7 Å². The molecular weight excluding hydrogens is 287 g/mol. The Balaban J connectivity index is 1.89. The molecule has 1 atom stereocenters. The van der Waals surface area contributed by atoms with Gasteiger partial charge in [0, 0.05) is 11.1 Å². The van der Waals surface area contributed by atoms with E-state index in [1.807, 2.05) is 0 Å². The van der Waals surface area contributed by atoms with Crippen LogP contribution in [0.25, 0.3) is 0 Å². The summed E-state index contributed by atoms with van der Waals surface area (Å²) in [6.45, 7) is 0. The Labute approximate surface area is 126 Å². The van der Waals surface area contributed by atoms with Crippen molar-refractivity contribution in [2.75, 3.05) is 7.11 Å². The van der Waals surface area contributed by atoms with E-state index in [1.54, 1.807) is 42.5 Å². The lowest BCUT2D eigenvalue weighted by Crippen LogP contribution is -2.18. The van der Waals surface area contributed by atoms with Crippen molar-refractivity contribution in [3.8, 4) is 0 Å². The molecule has 1 unspecified atom stereocenters. The topological polar surface area (TPSA) is 59.9 Å². The van der Waals surface area contributed by atoms with Gasteiger partial charge in [-0.05, 0) is 18.2 Å². The van der Waals surface area contributed by atoms with Crippen LogP contribution in [-0.4, -0.2) is 18.9 Å². The first-order valence-corrected chi connectivity index (χ1v) is 6.61. The van der Waals surface area contributed by atoms with Crippen LogP contribution < -0.4 is 5.48 Å². The Kier molecular flexibility index (Phi) is 3.84. The standard InChI is InChI=1S/C16H13FN2O3/c1-21-16(20)11-6-4-5-10(9-11)14-18-15(22-19-14)12-7-2-3-8-13(12)17/h2-9,15H,1H3,(H,18,19). The van der Waals surface area contributed by atoms with Crippen LogP contribution in [0.1, 0.15) is 27.7 Å². The normalized spacial score (nSPS) is 16.8. The molecule has 2 aromatic carbocycles. The minimum atomic E-state index is -0.766. The van der Waals surface area contributed by atoms with E-state index in [0.29, 0.717) is 22.5 Å². The van der Waals surface area contributed by atoms with Gasteiger partial charge in [0.1, 0.15) is 5.82 Å². The maximum Gasteiger partial charge on any atom is 0.337 e. The van der Waals surface area contributed by atoms with Crippen LogP contribution >= 0.6 is 0 Å². The second kappa shape index (κ2) is 5.95. The fraction of sp³-hybridized carbons (Fsp3) is 0.125. The fourth-order valence-corrected chi connectivity index (χ4v) is 2.13. The van der Waals surface area contributed by atoms with Gasteiger partial charge in [-0.2, -0.15) is 0 Å². The zero-order valence-electron chi connectivity index (χ0n) is 11.7. The molecule has 0 aliphatic carbocycles. The molecule has 0 radical (unpaired) electrons. The van der Waals surface area contributed by atoms with Gasteiger partial charge in [0.15, 0.2) is 5.84 Å². The number of methoxy groups -OCH3 is 1. The van der Waals surface area contributed by atoms with Crippen molar-refractivity contribution in [2.45, 2.75) is 6.23 Å². The number of carbonyl (C=O) groups excluding carboxylic acids is 1. The van der Waals surface area contributed by atoms with Crippen molar-refractivity contribution in [2.24, 2.45) is 4.99 Å². The molecule has 1 N–H and O–H groups in total. The number of esters is 1. The summed E-state index contributed by atoms with van der Waals surface area (Å²) < 4.78 is 18.4. The summed E-state index contributed by atoms with van der Waals surface area (Å²) in [6, 6.07) is 13.0. The first-order valence-electron chi connectivity index (χ1n) is 6.61. The molecule has 1 aliphatic heterocycles. The fourth-order valence-electron chi connectivity index (χ4n) is 2.13. The molecule has 0 saturated heterocycles. The van der Waals surface area contributed by atoms with Gasteiger partial charge in [0.2, 0.25) is 6.23 Å². The lowest BCUT2D eigenvalue weighted by Gasteiger charge is -2.06. The second-order valence-electron chi connectivity index (χ2n) is 4.64. The Hall–Kier alpha value is -2.73. The molecule has 0 fully saturated rings. The van der Waals surface area contributed by atoms with Gasteiger partial charge in [0.25, 0.3) is 0 Å². The molecule has 5 nitrogen and oxygen atoms in total. The Bertz CT molecular complexity index is 746. The molecule has 0 amide bonds. The number of halogens is 1. The van der Waals surface area contributed by atoms with Crippen LogP contribution in [0.2, 0.25) is 0 Å². The maximum absolute atomic E-state index is 13.7. The maximum atomic E-state index is 13.7. The van der Waals surface area contributed by atoms with Crippen molar-refractivity contribution < 1.29 is 18.8 Å². The summed E-state index contributed by atoms with van der Waals surface area (Å²) in [5.41, 5.74) is 4.06. The lowest BCUT2D eigenvalue weighted by molar-refractivity contribution is 0.0355. The number of carbonyl (C=O) groups is 1. The number of amidine groups is 1. The van der Waals surface area contributed by atoms with Gasteiger partial charge in [-0.3, -0.25) is 0 Å². The van der Waals surface area contributed by atoms with Crippen molar-refractivity contribution in [1.82, 2.24) is 5.48 Å². The quantitative estimate of drug-likeness (QED) is 0.885. The molecule has 22 heavy (non-hydrogen) atoms. The lowest BCUT2D eigenvalue weighted by atomic mass is 10.1. The molecule has 0 saturated carbocycles. The molecule has 0 aromatic heterocycles. The number of ether oxygens (including phenoxy) is 1. The van der Waals surface area contributed by atoms with Gasteiger partial charge in [-0.1, -0.05) is 30.3 Å². The molecule has 112 valence electrons. The van der Waals surface area contributed by atoms with Gasteiger partial charge in [-0.25, -0.2) is 24.5 Å². The predicted octanol–water partition coefficient (Wildman–Crippen LogP) is 2.59. The average Bonchev–Trinajstić information content (AvgIpc) is 3.04. The summed E-state index contributed by atoms with van der Waals surface area (Å²) in [5.74, 6) is -0.395. The van der Waals surface area contributed by atoms with Crippen LogP contribution in [0.5, 0.6) is 0 Å². The molecular formula is C16H13FN2O3. The van der Waals surface area contributed by atoms with E-state index in [-0.39, 0.29) is 5.82 Å². The highest BCUT2D eigenvalue weighted by atomic mass is 19.1. The van der Waals surface area contributed by atoms with Gasteiger partial charge >= 0.3 is 5.97 Å². The largest absolute Gasteiger partial charge is 0.465 e. The SMILES string of the molecule is COC(=O)c1cccc(C2=NC(c3ccccc3F)ON2)c1. The van der Waals surface area contributed by atoms with Crippen molar-refractivity contribution >= 4 is 11.8 Å². The van der Waals surface area contributed by atoms with Crippen LogP contribution in [0.4, 0.5) is 4.39 Å². The van der Waals surface area contributed by atoms with Crippen LogP contribution in [-0.2, 0) is 9.57 Å². The van der Waals surface area contributed by atoms with E-state index in [2.05, 4.69) is 15.2 Å². The van der Waals surface area contributed by atoms with Crippen molar-refractivity contribution in [1.29, 1.82) is 0 Å². The molecule has 1 aliphatic rings. The number of nitrogens with one attached hydrogen (secondary N) is 1. The zero-order valence-corrected chi connectivity index (χ0v) is 11.7. The summed E-state index contributed by atoms with van der Waals surface area (Å²) in [5, 5.41) is 0. The monoisotopic (exact) mass is 300 g/mol. The highest BCUT2D eigenvalue weighted by Gasteiger charge is 2.23. The Morgan fingerprint density at radius 1 is 1.27 bits per heavy atom. The van der Waals surface area contributed by atoms with E-state index in [9.17, 15) is 9.18 Å². The Morgan fingerprint density at radius 2 is 2.09 bits per heavy atom. The minimum absolute atomic E-state index is 0.342. The number of hydrogen-bond acceptors (Lipinski definition) is 5. The van der Waals surface area contributed by atoms with Crippen LogP contribution in [0.15, 0.2) is 53.5 Å². The molecule has 0 spiro atoms. The summed E-state index contributed by atoms with van der Waals surface area (Å²) in [4.78, 5) is 21.2. The summed E-state index contributed by atoms with van der Waals surface area (Å²) in [6.07, 6.45) is -0.766. The number of aliphatic imine (C=N–C) groups is 1. The number of hydroxylamine groups is 1. The van der Waals surface area contributed by atoms with Crippen LogP contribution in [0, 0.1) is 5.82 Å². The number of benzene rings is 2. The number of nitrogens with zero attached hydrogens (tertiary/aromatic N) is 1. The second-order valence-corrected chi connectivity index (χ2v) is 4.64. The third kappa shape index (κ3) is 2.68. The van der Waals surface area contributed by atoms with Gasteiger partial charge < -0.3 is 4.74 Å². The molecule has 2 aromatic rings. The highest BCUT2D eigenvalue weighted by Crippen LogP contribution is 2.25. The predicted molar refractivity (Wildman–Crippen MR) is 77.7 cm³/mol. The summed E-state index contributed by atoms with van der Waals surface area (Å²) in [7, 11) is 1.32. The highest BCUT2D eigenvalue weighted by molar-refractivity contribution is 6.01. The van der Waals surface area contributed by atoms with Crippen molar-refractivity contribution in [3.05, 3.63) is 71.0 Å². The minimum Gasteiger partial charge on any atom is -0.465 e.